The molecule has 2 aromatic heterocycles. The van der Waals surface area contributed by atoms with E-state index in [0.29, 0.717) is 44.1 Å². The van der Waals surface area contributed by atoms with Gasteiger partial charge < -0.3 is 14.7 Å². The Morgan fingerprint density at radius 3 is 2.57 bits per heavy atom. The number of likely N-dealkylation sites (tertiary alicyclic amines) is 1. The van der Waals surface area contributed by atoms with Gasteiger partial charge >= 0.3 is 0 Å². The second kappa shape index (κ2) is 7.50. The molecule has 1 fully saturated rings. The van der Waals surface area contributed by atoms with Crippen LogP contribution in [0.3, 0.4) is 0 Å². The van der Waals surface area contributed by atoms with Gasteiger partial charge in [0.2, 0.25) is 0 Å². The number of aromatic nitrogens is 3. The fraction of sp³-hybridized carbons (Fsp3) is 0.304. The molecule has 30 heavy (non-hydrogen) atoms. The predicted molar refractivity (Wildman–Crippen MR) is 110 cm³/mol. The zero-order chi connectivity index (χ0) is 20.6. The predicted octanol–water partition coefficient (Wildman–Crippen LogP) is 2.95. The molecule has 7 heteroatoms. The normalized spacial score (nSPS) is 17.5. The molecule has 1 saturated heterocycles. The lowest BCUT2D eigenvalue weighted by atomic mass is 9.83. The summed E-state index contributed by atoms with van der Waals surface area (Å²) in [6.45, 7) is 1.76. The van der Waals surface area contributed by atoms with Crippen LogP contribution in [0, 0.1) is 0 Å². The van der Waals surface area contributed by atoms with Crippen molar-refractivity contribution in [3.8, 4) is 17.1 Å². The number of rotatable bonds is 2. The highest BCUT2D eigenvalue weighted by molar-refractivity contribution is 5.92. The molecule has 0 atom stereocenters. The van der Waals surface area contributed by atoms with Crippen LogP contribution < -0.4 is 0 Å². The number of carbonyl (C=O) groups is 1. The first-order valence-electron chi connectivity index (χ1n) is 10.1. The van der Waals surface area contributed by atoms with Gasteiger partial charge in [-0.25, -0.2) is 15.0 Å². The van der Waals surface area contributed by atoms with Gasteiger partial charge in [-0.1, -0.05) is 30.3 Å². The molecule has 152 valence electrons. The smallest absolute Gasteiger partial charge is 0.272 e. The van der Waals surface area contributed by atoms with Crippen molar-refractivity contribution in [3.05, 3.63) is 71.8 Å². The number of hydrogen-bond donors (Lipinski definition) is 1. The zero-order valence-electron chi connectivity index (χ0n) is 16.5. The van der Waals surface area contributed by atoms with Gasteiger partial charge in [-0.3, -0.25) is 4.79 Å². The maximum Gasteiger partial charge on any atom is 0.272 e. The van der Waals surface area contributed by atoms with Crippen LogP contribution in [0.25, 0.3) is 11.4 Å². The average Bonchev–Trinajstić information content (AvgIpc) is 2.80. The van der Waals surface area contributed by atoms with E-state index in [4.69, 9.17) is 9.72 Å². The number of pyridine rings is 1. The van der Waals surface area contributed by atoms with Gasteiger partial charge in [-0.2, -0.15) is 0 Å². The van der Waals surface area contributed by atoms with Crippen LogP contribution in [-0.2, 0) is 16.8 Å². The highest BCUT2D eigenvalue weighted by Gasteiger charge is 2.43. The van der Waals surface area contributed by atoms with Crippen molar-refractivity contribution in [3.63, 3.8) is 0 Å². The molecule has 1 aromatic carbocycles. The van der Waals surface area contributed by atoms with Crippen molar-refractivity contribution in [1.82, 2.24) is 19.9 Å². The van der Waals surface area contributed by atoms with Crippen molar-refractivity contribution < 1.29 is 14.6 Å². The molecular formula is C23H22N4O3. The molecule has 1 spiro atoms. The number of benzene rings is 1. The average molecular weight is 402 g/mol. The lowest BCUT2D eigenvalue weighted by Gasteiger charge is -2.44. The molecule has 4 heterocycles. The molecule has 1 N–H and O–H groups in total. The molecule has 0 unspecified atom stereocenters. The number of ether oxygens (including phenoxy) is 1. The topological polar surface area (TPSA) is 88.4 Å². The molecule has 0 aliphatic carbocycles. The van der Waals surface area contributed by atoms with Gasteiger partial charge in [0.05, 0.1) is 18.5 Å². The number of nitrogens with zero attached hydrogens (tertiary/aromatic N) is 4. The van der Waals surface area contributed by atoms with E-state index in [-0.39, 0.29) is 11.7 Å². The Morgan fingerprint density at radius 2 is 1.83 bits per heavy atom. The second-order valence-corrected chi connectivity index (χ2v) is 7.72. The summed E-state index contributed by atoms with van der Waals surface area (Å²) in [7, 11) is 0. The summed E-state index contributed by atoms with van der Waals surface area (Å²) in [4.78, 5) is 28.1. The summed E-state index contributed by atoms with van der Waals surface area (Å²) in [5, 5.41) is 9.40. The SMILES string of the molecule is O=C(c1ccc(O)cn1)N1CCC2(CC1)OCCc1cnc(-c3ccccc3)nc12. The maximum absolute atomic E-state index is 12.8. The Balaban J connectivity index is 1.39. The molecule has 1 amide bonds. The highest BCUT2D eigenvalue weighted by atomic mass is 16.5. The molecule has 0 saturated carbocycles. The third-order valence-electron chi connectivity index (χ3n) is 5.90. The quantitative estimate of drug-likeness (QED) is 0.709. The van der Waals surface area contributed by atoms with E-state index in [0.717, 1.165) is 23.2 Å². The molecule has 2 aliphatic heterocycles. The van der Waals surface area contributed by atoms with E-state index in [1.807, 2.05) is 36.5 Å². The van der Waals surface area contributed by atoms with Crippen molar-refractivity contribution >= 4 is 5.91 Å². The standard InChI is InChI=1S/C23H22N4O3/c28-18-6-7-19(24-15-18)22(29)27-11-9-23(10-12-27)20-17(8-13-30-23)14-25-21(26-20)16-4-2-1-3-5-16/h1-7,14-15,28H,8-13H2. The minimum atomic E-state index is -0.487. The zero-order valence-corrected chi connectivity index (χ0v) is 16.5. The summed E-state index contributed by atoms with van der Waals surface area (Å²) in [6.07, 6.45) is 5.37. The van der Waals surface area contributed by atoms with Crippen LogP contribution in [0.1, 0.15) is 34.6 Å². The number of hydrogen-bond acceptors (Lipinski definition) is 6. The summed E-state index contributed by atoms with van der Waals surface area (Å²) in [6, 6.07) is 13.0. The number of piperidine rings is 1. The monoisotopic (exact) mass is 402 g/mol. The second-order valence-electron chi connectivity index (χ2n) is 7.72. The maximum atomic E-state index is 12.8. The van der Waals surface area contributed by atoms with E-state index in [1.54, 1.807) is 11.0 Å². The number of carbonyl (C=O) groups excluding carboxylic acids is 1. The molecule has 0 bridgehead atoms. The van der Waals surface area contributed by atoms with Crippen LogP contribution in [0.4, 0.5) is 0 Å². The first-order chi connectivity index (χ1) is 14.6. The summed E-state index contributed by atoms with van der Waals surface area (Å²) < 4.78 is 6.30. The van der Waals surface area contributed by atoms with Crippen molar-refractivity contribution in [2.75, 3.05) is 19.7 Å². The largest absolute Gasteiger partial charge is 0.506 e. The lowest BCUT2D eigenvalue weighted by molar-refractivity contribution is -0.0967. The molecule has 0 radical (unpaired) electrons. The van der Waals surface area contributed by atoms with Gasteiger partial charge in [-0.15, -0.1) is 0 Å². The van der Waals surface area contributed by atoms with Gasteiger partial charge in [0.25, 0.3) is 5.91 Å². The van der Waals surface area contributed by atoms with E-state index in [2.05, 4.69) is 9.97 Å². The fourth-order valence-electron chi connectivity index (χ4n) is 4.26. The first kappa shape index (κ1) is 18.7. The van der Waals surface area contributed by atoms with Crippen LogP contribution >= 0.6 is 0 Å². The third-order valence-corrected chi connectivity index (χ3v) is 5.90. The van der Waals surface area contributed by atoms with Crippen LogP contribution in [0.15, 0.2) is 54.9 Å². The number of amides is 1. The number of aromatic hydroxyl groups is 1. The molecule has 7 nitrogen and oxygen atoms in total. The van der Waals surface area contributed by atoms with Crippen LogP contribution in [-0.4, -0.2) is 50.6 Å². The number of fused-ring (bicyclic) bond motifs is 2. The Labute approximate surface area is 174 Å². The molecule has 2 aliphatic rings. The Morgan fingerprint density at radius 1 is 1.03 bits per heavy atom. The third kappa shape index (κ3) is 3.31. The van der Waals surface area contributed by atoms with E-state index in [9.17, 15) is 9.90 Å². The lowest BCUT2D eigenvalue weighted by Crippen LogP contribution is -2.49. The summed E-state index contributed by atoms with van der Waals surface area (Å²) >= 11 is 0. The van der Waals surface area contributed by atoms with Crippen molar-refractivity contribution in [2.45, 2.75) is 24.9 Å². The van der Waals surface area contributed by atoms with Gasteiger partial charge in [0, 0.05) is 24.8 Å². The van der Waals surface area contributed by atoms with Crippen LogP contribution in [0.2, 0.25) is 0 Å². The highest BCUT2D eigenvalue weighted by Crippen LogP contribution is 2.41. The Kier molecular flexibility index (Phi) is 4.67. The van der Waals surface area contributed by atoms with Gasteiger partial charge in [-0.05, 0) is 37.0 Å². The summed E-state index contributed by atoms with van der Waals surface area (Å²) in [5.74, 6) is 0.616. The minimum absolute atomic E-state index is 0.0465. The van der Waals surface area contributed by atoms with Gasteiger partial charge in [0.15, 0.2) is 5.82 Å². The molecular weight excluding hydrogens is 380 g/mol. The van der Waals surface area contributed by atoms with Crippen LogP contribution in [0.5, 0.6) is 5.75 Å². The minimum Gasteiger partial charge on any atom is -0.506 e. The van der Waals surface area contributed by atoms with E-state index in [1.165, 1.54) is 12.3 Å². The Hall–Kier alpha value is -3.32. The summed E-state index contributed by atoms with van der Waals surface area (Å²) in [5.41, 5.74) is 2.91. The Bertz CT molecular complexity index is 1060. The van der Waals surface area contributed by atoms with Gasteiger partial charge in [0.1, 0.15) is 17.0 Å². The molecule has 5 rings (SSSR count). The van der Waals surface area contributed by atoms with E-state index < -0.39 is 5.60 Å². The van der Waals surface area contributed by atoms with Crippen molar-refractivity contribution in [2.24, 2.45) is 0 Å². The van der Waals surface area contributed by atoms with E-state index >= 15 is 0 Å². The fourth-order valence-corrected chi connectivity index (χ4v) is 4.26. The first-order valence-corrected chi connectivity index (χ1v) is 10.1. The molecule has 3 aromatic rings. The van der Waals surface area contributed by atoms with Crippen molar-refractivity contribution in [1.29, 1.82) is 0 Å².